The maximum absolute atomic E-state index is 12.8. The van der Waals surface area contributed by atoms with Crippen LogP contribution in [0.5, 0.6) is 0 Å². The summed E-state index contributed by atoms with van der Waals surface area (Å²) < 4.78 is 38.4. The number of nitrogens with two attached hydrogens (primary N) is 1. The summed E-state index contributed by atoms with van der Waals surface area (Å²) in [5, 5.41) is 0.430. The molecule has 0 radical (unpaired) electrons. The highest BCUT2D eigenvalue weighted by Gasteiger charge is 2.32. The maximum atomic E-state index is 12.8. The Bertz CT molecular complexity index is 572. The first-order valence-electron chi connectivity index (χ1n) is 5.33. The Morgan fingerprint density at radius 1 is 1.11 bits per heavy atom. The molecule has 0 saturated heterocycles. The van der Waals surface area contributed by atoms with Gasteiger partial charge in [0.15, 0.2) is 5.82 Å². The molecular weight excluding hydrogens is 275 g/mol. The standard InChI is InChI=1S/C12H10F3N3S/c13-12(14,15)9-4-2-1-3-8(9)7-19-11-10(16)17-5-6-18-11/h1-6H,7H2,(H2,16,17). The molecule has 2 rings (SSSR count). The lowest BCUT2D eigenvalue weighted by molar-refractivity contribution is -0.138. The van der Waals surface area contributed by atoms with Gasteiger partial charge in [0.2, 0.25) is 0 Å². The molecule has 0 amide bonds. The number of alkyl halides is 3. The number of nitrogens with zero attached hydrogens (tertiary/aromatic N) is 2. The molecule has 0 fully saturated rings. The van der Waals surface area contributed by atoms with E-state index in [1.807, 2.05) is 0 Å². The molecule has 19 heavy (non-hydrogen) atoms. The molecule has 100 valence electrons. The van der Waals surface area contributed by atoms with Crippen molar-refractivity contribution in [3.05, 3.63) is 47.8 Å². The molecule has 7 heteroatoms. The third-order valence-corrected chi connectivity index (χ3v) is 3.42. The number of benzene rings is 1. The van der Waals surface area contributed by atoms with E-state index in [-0.39, 0.29) is 17.1 Å². The van der Waals surface area contributed by atoms with E-state index < -0.39 is 11.7 Å². The zero-order valence-electron chi connectivity index (χ0n) is 9.69. The van der Waals surface area contributed by atoms with Gasteiger partial charge in [-0.15, -0.1) is 0 Å². The normalized spacial score (nSPS) is 11.5. The van der Waals surface area contributed by atoms with Gasteiger partial charge in [0.1, 0.15) is 5.03 Å². The highest BCUT2D eigenvalue weighted by atomic mass is 32.2. The Morgan fingerprint density at radius 3 is 2.47 bits per heavy atom. The summed E-state index contributed by atoms with van der Waals surface area (Å²) in [6, 6.07) is 5.46. The first-order chi connectivity index (χ1) is 8.98. The summed E-state index contributed by atoms with van der Waals surface area (Å²) in [5.41, 5.74) is 5.16. The van der Waals surface area contributed by atoms with Crippen molar-refractivity contribution in [3.8, 4) is 0 Å². The average Bonchev–Trinajstić information content (AvgIpc) is 2.37. The fourth-order valence-electron chi connectivity index (χ4n) is 1.52. The molecular formula is C12H10F3N3S. The first-order valence-corrected chi connectivity index (χ1v) is 6.31. The van der Waals surface area contributed by atoms with Crippen LogP contribution in [0.25, 0.3) is 0 Å². The van der Waals surface area contributed by atoms with Crippen molar-refractivity contribution >= 4 is 17.6 Å². The Balaban J connectivity index is 2.19. The van der Waals surface area contributed by atoms with Crippen molar-refractivity contribution in [1.82, 2.24) is 9.97 Å². The van der Waals surface area contributed by atoms with Crippen molar-refractivity contribution < 1.29 is 13.2 Å². The third kappa shape index (κ3) is 3.37. The van der Waals surface area contributed by atoms with E-state index in [2.05, 4.69) is 9.97 Å². The van der Waals surface area contributed by atoms with Crippen LogP contribution in [-0.2, 0) is 11.9 Å². The van der Waals surface area contributed by atoms with Crippen LogP contribution in [0.3, 0.4) is 0 Å². The topological polar surface area (TPSA) is 51.8 Å². The van der Waals surface area contributed by atoms with E-state index >= 15 is 0 Å². The molecule has 0 aliphatic carbocycles. The molecule has 0 spiro atoms. The number of nitrogen functional groups attached to an aromatic ring is 1. The summed E-state index contributed by atoms with van der Waals surface area (Å²) in [5.74, 6) is 0.357. The molecule has 0 atom stereocenters. The SMILES string of the molecule is Nc1nccnc1SCc1ccccc1C(F)(F)F. The molecule has 0 aliphatic heterocycles. The van der Waals surface area contributed by atoms with Crippen molar-refractivity contribution in [2.45, 2.75) is 17.0 Å². The van der Waals surface area contributed by atoms with Crippen LogP contribution in [0.15, 0.2) is 41.7 Å². The van der Waals surface area contributed by atoms with Gasteiger partial charge in [0.05, 0.1) is 5.56 Å². The maximum Gasteiger partial charge on any atom is 0.416 e. The van der Waals surface area contributed by atoms with Gasteiger partial charge in [-0.05, 0) is 11.6 Å². The van der Waals surface area contributed by atoms with Crippen LogP contribution in [0, 0.1) is 0 Å². The smallest absolute Gasteiger partial charge is 0.381 e. The predicted molar refractivity (Wildman–Crippen MR) is 67.4 cm³/mol. The third-order valence-electron chi connectivity index (χ3n) is 2.38. The molecule has 0 unspecified atom stereocenters. The fraction of sp³-hybridized carbons (Fsp3) is 0.167. The molecule has 0 bridgehead atoms. The summed E-state index contributed by atoms with van der Waals surface area (Å²) >= 11 is 1.13. The van der Waals surface area contributed by atoms with E-state index in [0.717, 1.165) is 17.8 Å². The number of hydrogen-bond acceptors (Lipinski definition) is 4. The lowest BCUT2D eigenvalue weighted by Crippen LogP contribution is -2.08. The number of rotatable bonds is 3. The van der Waals surface area contributed by atoms with Crippen LogP contribution in [0.1, 0.15) is 11.1 Å². The van der Waals surface area contributed by atoms with Gasteiger partial charge in [0.25, 0.3) is 0 Å². The van der Waals surface area contributed by atoms with Gasteiger partial charge in [-0.2, -0.15) is 13.2 Å². The van der Waals surface area contributed by atoms with E-state index in [4.69, 9.17) is 5.73 Å². The van der Waals surface area contributed by atoms with Gasteiger partial charge in [-0.3, -0.25) is 0 Å². The molecule has 1 heterocycles. The number of aromatic nitrogens is 2. The molecule has 2 N–H and O–H groups in total. The Labute approximate surface area is 112 Å². The lowest BCUT2D eigenvalue weighted by Gasteiger charge is -2.12. The minimum Gasteiger partial charge on any atom is -0.381 e. The zero-order valence-corrected chi connectivity index (χ0v) is 10.5. The molecule has 0 saturated carbocycles. The van der Waals surface area contributed by atoms with Crippen LogP contribution < -0.4 is 5.73 Å². The Hall–Kier alpha value is -1.76. The molecule has 3 nitrogen and oxygen atoms in total. The first kappa shape index (κ1) is 13.7. The molecule has 0 aliphatic rings. The minimum atomic E-state index is -4.36. The largest absolute Gasteiger partial charge is 0.416 e. The monoisotopic (exact) mass is 285 g/mol. The molecule has 1 aromatic heterocycles. The van der Waals surface area contributed by atoms with Gasteiger partial charge in [-0.1, -0.05) is 30.0 Å². The van der Waals surface area contributed by atoms with Gasteiger partial charge in [-0.25, -0.2) is 9.97 Å². The zero-order chi connectivity index (χ0) is 13.9. The van der Waals surface area contributed by atoms with E-state index in [1.165, 1.54) is 24.5 Å². The van der Waals surface area contributed by atoms with Crippen LogP contribution in [0.2, 0.25) is 0 Å². The van der Waals surface area contributed by atoms with Crippen LogP contribution in [-0.4, -0.2) is 9.97 Å². The summed E-state index contributed by atoms with van der Waals surface area (Å²) in [6.45, 7) is 0. The minimum absolute atomic E-state index is 0.137. The number of hydrogen-bond donors (Lipinski definition) is 1. The van der Waals surface area contributed by atoms with Crippen LogP contribution in [0.4, 0.5) is 19.0 Å². The summed E-state index contributed by atoms with van der Waals surface area (Å²) in [7, 11) is 0. The Morgan fingerprint density at radius 2 is 1.79 bits per heavy atom. The predicted octanol–water partition coefficient (Wildman–Crippen LogP) is 3.37. The van der Waals surface area contributed by atoms with Gasteiger partial charge in [0, 0.05) is 18.1 Å². The summed E-state index contributed by atoms with van der Waals surface area (Å²) in [6.07, 6.45) is -1.47. The van der Waals surface area contributed by atoms with Gasteiger partial charge < -0.3 is 5.73 Å². The summed E-state index contributed by atoms with van der Waals surface area (Å²) in [4.78, 5) is 7.81. The van der Waals surface area contributed by atoms with Crippen molar-refractivity contribution in [2.75, 3.05) is 5.73 Å². The second kappa shape index (κ2) is 5.48. The highest BCUT2D eigenvalue weighted by Crippen LogP contribution is 2.34. The number of halogens is 3. The quantitative estimate of drug-likeness (QED) is 0.878. The van der Waals surface area contributed by atoms with E-state index in [0.29, 0.717) is 5.03 Å². The highest BCUT2D eigenvalue weighted by molar-refractivity contribution is 7.98. The number of thioether (sulfide) groups is 1. The lowest BCUT2D eigenvalue weighted by atomic mass is 10.1. The van der Waals surface area contributed by atoms with Crippen molar-refractivity contribution in [1.29, 1.82) is 0 Å². The molecule has 2 aromatic rings. The second-order valence-electron chi connectivity index (χ2n) is 3.69. The van der Waals surface area contributed by atoms with Gasteiger partial charge >= 0.3 is 6.18 Å². The Kier molecular flexibility index (Phi) is 3.94. The fourth-order valence-corrected chi connectivity index (χ4v) is 2.40. The second-order valence-corrected chi connectivity index (χ2v) is 4.65. The van der Waals surface area contributed by atoms with E-state index in [9.17, 15) is 13.2 Å². The van der Waals surface area contributed by atoms with Crippen LogP contribution >= 0.6 is 11.8 Å². The van der Waals surface area contributed by atoms with E-state index in [1.54, 1.807) is 6.07 Å². The molecule has 1 aromatic carbocycles. The van der Waals surface area contributed by atoms with Crippen molar-refractivity contribution in [3.63, 3.8) is 0 Å². The van der Waals surface area contributed by atoms with Crippen molar-refractivity contribution in [2.24, 2.45) is 0 Å². The number of anilines is 1. The average molecular weight is 285 g/mol.